The number of aromatic nitrogens is 1. The Morgan fingerprint density at radius 3 is 2.75 bits per heavy atom. The zero-order chi connectivity index (χ0) is 14.7. The van der Waals surface area contributed by atoms with Gasteiger partial charge in [-0.15, -0.1) is 0 Å². The molecule has 0 aliphatic carbocycles. The van der Waals surface area contributed by atoms with E-state index in [0.717, 1.165) is 10.8 Å². The smallest absolute Gasteiger partial charge is 0.328 e. The lowest BCUT2D eigenvalue weighted by atomic mass is 10.0. The maximum Gasteiger partial charge on any atom is 0.328 e. The predicted molar refractivity (Wildman–Crippen MR) is 77.7 cm³/mol. The zero-order valence-corrected chi connectivity index (χ0v) is 11.8. The molecule has 0 spiro atoms. The van der Waals surface area contributed by atoms with Crippen molar-refractivity contribution in [2.45, 2.75) is 19.9 Å². The first-order chi connectivity index (χ1) is 9.52. The topological polar surface area (TPSA) is 71.5 Å². The van der Waals surface area contributed by atoms with Crippen LogP contribution in [0.2, 0.25) is 0 Å². The van der Waals surface area contributed by atoms with Crippen LogP contribution in [-0.4, -0.2) is 29.2 Å². The third-order valence-electron chi connectivity index (χ3n) is 3.16. The predicted octanol–water partition coefficient (Wildman–Crippen LogP) is 2.55. The lowest BCUT2D eigenvalue weighted by Gasteiger charge is -2.21. The molecule has 1 heterocycles. The summed E-state index contributed by atoms with van der Waals surface area (Å²) in [6.07, 6.45) is 1.66. The second kappa shape index (κ2) is 5.77. The Kier molecular flexibility index (Phi) is 4.08. The maximum atomic E-state index is 11.8. The van der Waals surface area contributed by atoms with Crippen molar-refractivity contribution in [2.75, 3.05) is 12.4 Å². The number of nitrogens with one attached hydrogen (secondary N) is 1. The summed E-state index contributed by atoms with van der Waals surface area (Å²) in [6.45, 7) is 3.86. The first kappa shape index (κ1) is 14.1. The fourth-order valence-corrected chi connectivity index (χ4v) is 2.04. The van der Waals surface area contributed by atoms with Gasteiger partial charge in [-0.05, 0) is 29.5 Å². The van der Waals surface area contributed by atoms with E-state index in [0.29, 0.717) is 5.82 Å². The van der Waals surface area contributed by atoms with Gasteiger partial charge in [0.2, 0.25) is 0 Å². The van der Waals surface area contributed by atoms with E-state index in [1.54, 1.807) is 24.4 Å². The fourth-order valence-electron chi connectivity index (χ4n) is 2.04. The molecule has 2 aromatic rings. The SMILES string of the molecule is COC(=O)C(Nc1nccc2ccc(O)cc12)C(C)C. The minimum Gasteiger partial charge on any atom is -0.508 e. The molecular weight excluding hydrogens is 256 g/mol. The Morgan fingerprint density at radius 2 is 2.10 bits per heavy atom. The number of nitrogens with zero attached hydrogens (tertiary/aromatic N) is 1. The minimum atomic E-state index is -0.486. The Hall–Kier alpha value is -2.30. The third-order valence-corrected chi connectivity index (χ3v) is 3.16. The zero-order valence-electron chi connectivity index (χ0n) is 11.8. The summed E-state index contributed by atoms with van der Waals surface area (Å²) in [4.78, 5) is 16.1. The van der Waals surface area contributed by atoms with Gasteiger partial charge in [0.1, 0.15) is 17.6 Å². The lowest BCUT2D eigenvalue weighted by Crippen LogP contribution is -2.35. The van der Waals surface area contributed by atoms with Crippen LogP contribution in [0.25, 0.3) is 10.8 Å². The molecule has 0 bridgehead atoms. The Labute approximate surface area is 117 Å². The summed E-state index contributed by atoms with van der Waals surface area (Å²) < 4.78 is 4.80. The molecule has 1 aromatic heterocycles. The molecule has 1 aromatic carbocycles. The molecule has 0 radical (unpaired) electrons. The molecule has 20 heavy (non-hydrogen) atoms. The molecule has 2 rings (SSSR count). The molecular formula is C15H18N2O3. The van der Waals surface area contributed by atoms with Crippen LogP contribution in [0.4, 0.5) is 5.82 Å². The van der Waals surface area contributed by atoms with Crippen LogP contribution in [0, 0.1) is 5.92 Å². The van der Waals surface area contributed by atoms with Crippen molar-refractivity contribution in [3.63, 3.8) is 0 Å². The number of aromatic hydroxyl groups is 1. The number of methoxy groups -OCH3 is 1. The number of hydrogen-bond donors (Lipinski definition) is 2. The third kappa shape index (κ3) is 2.82. The highest BCUT2D eigenvalue weighted by Crippen LogP contribution is 2.26. The quantitative estimate of drug-likeness (QED) is 0.838. The van der Waals surface area contributed by atoms with Gasteiger partial charge in [0.25, 0.3) is 0 Å². The van der Waals surface area contributed by atoms with Gasteiger partial charge in [-0.2, -0.15) is 0 Å². The van der Waals surface area contributed by atoms with E-state index in [4.69, 9.17) is 4.74 Å². The molecule has 5 heteroatoms. The molecule has 1 unspecified atom stereocenters. The number of phenolic OH excluding ortho intramolecular Hbond substituents is 1. The number of carbonyl (C=O) groups excluding carboxylic acids is 1. The van der Waals surface area contributed by atoms with Crippen molar-refractivity contribution < 1.29 is 14.6 Å². The van der Waals surface area contributed by atoms with Crippen molar-refractivity contribution in [1.29, 1.82) is 0 Å². The fraction of sp³-hybridized carbons (Fsp3) is 0.333. The van der Waals surface area contributed by atoms with Gasteiger partial charge in [0.05, 0.1) is 7.11 Å². The molecule has 0 aliphatic heterocycles. The first-order valence-corrected chi connectivity index (χ1v) is 6.45. The number of pyridine rings is 1. The van der Waals surface area contributed by atoms with E-state index in [2.05, 4.69) is 10.3 Å². The Morgan fingerprint density at radius 1 is 1.35 bits per heavy atom. The van der Waals surface area contributed by atoms with Crippen molar-refractivity contribution >= 4 is 22.6 Å². The van der Waals surface area contributed by atoms with Crippen LogP contribution >= 0.6 is 0 Å². The van der Waals surface area contributed by atoms with Crippen LogP contribution < -0.4 is 5.32 Å². The van der Waals surface area contributed by atoms with Crippen molar-refractivity contribution in [3.05, 3.63) is 30.5 Å². The van der Waals surface area contributed by atoms with E-state index >= 15 is 0 Å². The molecule has 0 aliphatic rings. The Balaban J connectivity index is 2.42. The molecule has 1 atom stereocenters. The number of anilines is 1. The van der Waals surface area contributed by atoms with Gasteiger partial charge in [-0.1, -0.05) is 19.9 Å². The summed E-state index contributed by atoms with van der Waals surface area (Å²) in [5.74, 6) is 0.436. The van der Waals surface area contributed by atoms with Gasteiger partial charge in [0.15, 0.2) is 0 Å². The monoisotopic (exact) mass is 274 g/mol. The summed E-state index contributed by atoms with van der Waals surface area (Å²) in [5, 5.41) is 14.4. The summed E-state index contributed by atoms with van der Waals surface area (Å²) in [5.41, 5.74) is 0. The highest BCUT2D eigenvalue weighted by molar-refractivity contribution is 5.94. The largest absolute Gasteiger partial charge is 0.508 e. The number of fused-ring (bicyclic) bond motifs is 1. The molecule has 0 saturated carbocycles. The molecule has 0 amide bonds. The standard InChI is InChI=1S/C15H18N2O3/c1-9(2)13(15(19)20-3)17-14-12-8-11(18)5-4-10(12)6-7-16-14/h4-9,13,18H,1-3H3,(H,16,17). The van der Waals surface area contributed by atoms with Gasteiger partial charge in [0, 0.05) is 11.6 Å². The summed E-state index contributed by atoms with van der Waals surface area (Å²) in [7, 11) is 1.36. The molecule has 2 N–H and O–H groups in total. The van der Waals surface area contributed by atoms with Gasteiger partial charge in [-0.3, -0.25) is 0 Å². The summed E-state index contributed by atoms with van der Waals surface area (Å²) >= 11 is 0. The Bertz CT molecular complexity index is 626. The van der Waals surface area contributed by atoms with Gasteiger partial charge >= 0.3 is 5.97 Å². The molecule has 0 fully saturated rings. The average Bonchev–Trinajstić information content (AvgIpc) is 2.43. The molecule has 0 saturated heterocycles. The van der Waals surface area contributed by atoms with Gasteiger partial charge in [-0.25, -0.2) is 9.78 Å². The molecule has 5 nitrogen and oxygen atoms in total. The van der Waals surface area contributed by atoms with E-state index in [-0.39, 0.29) is 17.6 Å². The number of benzene rings is 1. The van der Waals surface area contributed by atoms with Crippen molar-refractivity contribution in [2.24, 2.45) is 5.92 Å². The van der Waals surface area contributed by atoms with Crippen molar-refractivity contribution in [1.82, 2.24) is 4.98 Å². The highest BCUT2D eigenvalue weighted by Gasteiger charge is 2.23. The number of hydrogen-bond acceptors (Lipinski definition) is 5. The number of ether oxygens (including phenoxy) is 1. The van der Waals surface area contributed by atoms with Crippen LogP contribution in [0.5, 0.6) is 5.75 Å². The maximum absolute atomic E-state index is 11.8. The average molecular weight is 274 g/mol. The van der Waals surface area contributed by atoms with E-state index < -0.39 is 6.04 Å². The lowest BCUT2D eigenvalue weighted by molar-refractivity contribution is -0.142. The number of phenols is 1. The highest BCUT2D eigenvalue weighted by atomic mass is 16.5. The van der Waals surface area contributed by atoms with E-state index in [9.17, 15) is 9.90 Å². The molecule has 106 valence electrons. The summed E-state index contributed by atoms with van der Waals surface area (Å²) in [6, 6.07) is 6.41. The van der Waals surface area contributed by atoms with Crippen LogP contribution in [0.3, 0.4) is 0 Å². The van der Waals surface area contributed by atoms with Crippen LogP contribution in [0.15, 0.2) is 30.5 Å². The second-order valence-corrected chi connectivity index (χ2v) is 4.95. The second-order valence-electron chi connectivity index (χ2n) is 4.95. The van der Waals surface area contributed by atoms with Crippen LogP contribution in [0.1, 0.15) is 13.8 Å². The normalized spacial score (nSPS) is 12.4. The van der Waals surface area contributed by atoms with E-state index in [1.807, 2.05) is 19.9 Å². The minimum absolute atomic E-state index is 0.0526. The number of esters is 1. The number of carbonyl (C=O) groups is 1. The van der Waals surface area contributed by atoms with E-state index in [1.165, 1.54) is 7.11 Å². The number of rotatable bonds is 4. The van der Waals surface area contributed by atoms with Crippen molar-refractivity contribution in [3.8, 4) is 5.75 Å². The van der Waals surface area contributed by atoms with Crippen LogP contribution in [-0.2, 0) is 9.53 Å². The first-order valence-electron chi connectivity index (χ1n) is 6.45. The van der Waals surface area contributed by atoms with Gasteiger partial charge < -0.3 is 15.2 Å².